The Bertz CT molecular complexity index is 546. The van der Waals surface area contributed by atoms with E-state index in [9.17, 15) is 10.0 Å². The molecule has 9 nitrogen and oxygen atoms in total. The van der Waals surface area contributed by atoms with Crippen LogP contribution in [0.4, 0.5) is 5.82 Å². The molecule has 0 fully saturated rings. The van der Waals surface area contributed by atoms with E-state index in [4.69, 9.17) is 11.1 Å². The lowest BCUT2D eigenvalue weighted by atomic mass is 10.2. The topological polar surface area (TPSA) is 131 Å². The van der Waals surface area contributed by atoms with Gasteiger partial charge in [0.1, 0.15) is 18.3 Å². The van der Waals surface area contributed by atoms with E-state index < -0.39 is 6.17 Å². The second kappa shape index (κ2) is 7.31. The van der Waals surface area contributed by atoms with Gasteiger partial charge in [-0.25, -0.2) is 15.0 Å². The molecule has 0 saturated heterocycles. The number of anilines is 1. The fourth-order valence-electron chi connectivity index (χ4n) is 1.53. The molecule has 1 heterocycles. The lowest BCUT2D eigenvalue weighted by Gasteiger charge is -2.24. The number of carbonyl (C=O) groups excluding carboxylic acids is 1. The molecule has 5 N–H and O–H groups in total. The first kappa shape index (κ1) is 16.5. The summed E-state index contributed by atoms with van der Waals surface area (Å²) in [6.07, 6.45) is 1.70. The van der Waals surface area contributed by atoms with Crippen molar-refractivity contribution in [2.75, 3.05) is 12.8 Å². The molecule has 1 amide bonds. The van der Waals surface area contributed by atoms with Crippen molar-refractivity contribution in [3.8, 4) is 0 Å². The number of nitrogens with one attached hydrogen (secondary N) is 2. The van der Waals surface area contributed by atoms with Gasteiger partial charge in [0, 0.05) is 20.2 Å². The van der Waals surface area contributed by atoms with Gasteiger partial charge in [-0.05, 0) is 19.1 Å². The number of hydrazine groups is 1. The van der Waals surface area contributed by atoms with Crippen molar-refractivity contribution in [1.29, 1.82) is 5.41 Å². The highest BCUT2D eigenvalue weighted by Crippen LogP contribution is 2.12. The Morgan fingerprint density at radius 2 is 2.33 bits per heavy atom. The Balaban J connectivity index is 3.14. The van der Waals surface area contributed by atoms with Crippen molar-refractivity contribution in [2.45, 2.75) is 20.0 Å². The Kier molecular flexibility index (Phi) is 5.76. The Morgan fingerprint density at radius 3 is 2.86 bits per heavy atom. The average molecular weight is 293 g/mol. The number of aliphatic imine (C=N–C) groups is 1. The van der Waals surface area contributed by atoms with E-state index >= 15 is 0 Å². The highest BCUT2D eigenvalue weighted by Gasteiger charge is 2.17. The van der Waals surface area contributed by atoms with Crippen LogP contribution < -0.4 is 11.2 Å². The second-order valence-electron chi connectivity index (χ2n) is 4.27. The first-order chi connectivity index (χ1) is 9.86. The van der Waals surface area contributed by atoms with E-state index in [-0.39, 0.29) is 17.6 Å². The number of aromatic nitrogens is 1. The van der Waals surface area contributed by atoms with Gasteiger partial charge < -0.3 is 5.73 Å². The summed E-state index contributed by atoms with van der Waals surface area (Å²) in [5, 5.41) is 18.9. The Hall–Kier alpha value is -2.52. The maximum absolute atomic E-state index is 11.0. The molecule has 0 aliphatic carbocycles. The monoisotopic (exact) mass is 293 g/mol. The molecule has 1 atom stereocenters. The zero-order valence-electron chi connectivity index (χ0n) is 12.1. The van der Waals surface area contributed by atoms with Crippen LogP contribution in [0.5, 0.6) is 0 Å². The number of pyridine rings is 1. The molecule has 1 aromatic heterocycles. The second-order valence-corrected chi connectivity index (χ2v) is 4.27. The van der Waals surface area contributed by atoms with Crippen LogP contribution in [0.1, 0.15) is 19.4 Å². The molecule has 1 aromatic rings. The largest absolute Gasteiger partial charge is 0.383 e. The zero-order chi connectivity index (χ0) is 16.0. The van der Waals surface area contributed by atoms with Crippen LogP contribution in [0, 0.1) is 5.41 Å². The van der Waals surface area contributed by atoms with Crippen molar-refractivity contribution in [2.24, 2.45) is 4.99 Å². The number of rotatable bonds is 5. The van der Waals surface area contributed by atoms with Crippen molar-refractivity contribution >= 4 is 23.9 Å². The number of nitrogen functional groups attached to an aromatic ring is 1. The number of hydroxylamine groups is 2. The molecular formula is C12H19N7O2. The SMILES string of the molecule is CC(=O)NN(C)C(C)/N=C(/c1cccnc1N)N(O)C=N. The fourth-order valence-corrected chi connectivity index (χ4v) is 1.53. The number of nitrogens with two attached hydrogens (primary N) is 1. The highest BCUT2D eigenvalue weighted by atomic mass is 16.5. The van der Waals surface area contributed by atoms with Crippen LogP contribution in [0.15, 0.2) is 23.3 Å². The van der Waals surface area contributed by atoms with Crippen molar-refractivity contribution < 1.29 is 10.0 Å². The maximum Gasteiger partial charge on any atom is 0.231 e. The third kappa shape index (κ3) is 4.51. The molecule has 21 heavy (non-hydrogen) atoms. The molecule has 0 spiro atoms. The lowest BCUT2D eigenvalue weighted by molar-refractivity contribution is -0.123. The van der Waals surface area contributed by atoms with E-state index in [1.165, 1.54) is 18.1 Å². The van der Waals surface area contributed by atoms with E-state index in [1.807, 2.05) is 0 Å². The van der Waals surface area contributed by atoms with E-state index in [1.54, 1.807) is 26.1 Å². The minimum absolute atomic E-state index is 0.0558. The molecule has 0 aliphatic heterocycles. The summed E-state index contributed by atoms with van der Waals surface area (Å²) in [5.74, 6) is -0.0123. The van der Waals surface area contributed by atoms with Gasteiger partial charge in [0.2, 0.25) is 5.91 Å². The number of carbonyl (C=O) groups is 1. The zero-order valence-corrected chi connectivity index (χ0v) is 12.1. The summed E-state index contributed by atoms with van der Waals surface area (Å²) in [6, 6.07) is 3.26. The summed E-state index contributed by atoms with van der Waals surface area (Å²) in [4.78, 5) is 19.2. The van der Waals surface area contributed by atoms with Crippen molar-refractivity contribution in [1.82, 2.24) is 20.5 Å². The highest BCUT2D eigenvalue weighted by molar-refractivity contribution is 6.06. The summed E-state index contributed by atoms with van der Waals surface area (Å²) >= 11 is 0. The average Bonchev–Trinajstić information content (AvgIpc) is 2.43. The van der Waals surface area contributed by atoms with Gasteiger partial charge >= 0.3 is 0 Å². The molecule has 9 heteroatoms. The van der Waals surface area contributed by atoms with Gasteiger partial charge in [0.25, 0.3) is 0 Å². The van der Waals surface area contributed by atoms with Gasteiger partial charge in [-0.15, -0.1) is 0 Å². The van der Waals surface area contributed by atoms with Gasteiger partial charge in [-0.1, -0.05) is 0 Å². The van der Waals surface area contributed by atoms with Gasteiger partial charge in [-0.2, -0.15) is 5.06 Å². The summed E-state index contributed by atoms with van der Waals surface area (Å²) in [6.45, 7) is 3.09. The van der Waals surface area contributed by atoms with Crippen LogP contribution in [-0.2, 0) is 4.79 Å². The number of amidine groups is 1. The van der Waals surface area contributed by atoms with E-state index in [0.717, 1.165) is 0 Å². The Labute approximate surface area is 122 Å². The molecule has 0 bridgehead atoms. The molecule has 1 rings (SSSR count). The summed E-state index contributed by atoms with van der Waals surface area (Å²) in [5.41, 5.74) is 8.69. The summed E-state index contributed by atoms with van der Waals surface area (Å²) < 4.78 is 0. The molecule has 0 aromatic carbocycles. The quantitative estimate of drug-likeness (QED) is 0.344. The molecule has 0 radical (unpaired) electrons. The Morgan fingerprint density at radius 1 is 1.67 bits per heavy atom. The molecule has 1 unspecified atom stereocenters. The predicted molar refractivity (Wildman–Crippen MR) is 78.6 cm³/mol. The maximum atomic E-state index is 11.0. The molecule has 0 aliphatic rings. The molecule has 114 valence electrons. The lowest BCUT2D eigenvalue weighted by Crippen LogP contribution is -2.44. The van der Waals surface area contributed by atoms with Gasteiger partial charge in [0.15, 0.2) is 5.84 Å². The first-order valence-electron chi connectivity index (χ1n) is 6.14. The van der Waals surface area contributed by atoms with Crippen molar-refractivity contribution in [3.63, 3.8) is 0 Å². The van der Waals surface area contributed by atoms with Crippen LogP contribution in [0.25, 0.3) is 0 Å². The van der Waals surface area contributed by atoms with Crippen LogP contribution in [0.3, 0.4) is 0 Å². The number of hydrogen-bond donors (Lipinski definition) is 4. The molecule has 0 saturated carbocycles. The van der Waals surface area contributed by atoms with Crippen LogP contribution in [0.2, 0.25) is 0 Å². The van der Waals surface area contributed by atoms with Gasteiger partial charge in [-0.3, -0.25) is 20.8 Å². The number of amides is 1. The van der Waals surface area contributed by atoms with Crippen LogP contribution >= 0.6 is 0 Å². The normalized spacial score (nSPS) is 12.9. The smallest absolute Gasteiger partial charge is 0.231 e. The van der Waals surface area contributed by atoms with E-state index in [0.29, 0.717) is 17.0 Å². The van der Waals surface area contributed by atoms with Crippen molar-refractivity contribution in [3.05, 3.63) is 23.9 Å². The fraction of sp³-hybridized carbons (Fsp3) is 0.333. The predicted octanol–water partition coefficient (Wildman–Crippen LogP) is 0.0376. The summed E-state index contributed by atoms with van der Waals surface area (Å²) in [7, 11) is 1.63. The van der Waals surface area contributed by atoms with E-state index in [2.05, 4.69) is 15.4 Å². The number of hydrogen-bond acceptors (Lipinski definition) is 7. The van der Waals surface area contributed by atoms with Crippen LogP contribution in [-0.4, -0.2) is 51.6 Å². The first-order valence-corrected chi connectivity index (χ1v) is 6.14. The standard InChI is InChI=1S/C12H19N7O2/c1-8(18(3)17-9(2)20)16-12(19(21)7-13)10-5-4-6-15-11(10)14/h4-8,13,21H,1-3H3,(H2,14,15)(H,17,20)/b13-7?,16-12-. The number of nitrogens with zero attached hydrogens (tertiary/aromatic N) is 4. The third-order valence-corrected chi connectivity index (χ3v) is 2.62. The third-order valence-electron chi connectivity index (χ3n) is 2.62. The minimum atomic E-state index is -0.502. The van der Waals surface area contributed by atoms with Gasteiger partial charge in [0.05, 0.1) is 5.56 Å². The molecular weight excluding hydrogens is 274 g/mol. The minimum Gasteiger partial charge on any atom is -0.383 e.